The summed E-state index contributed by atoms with van der Waals surface area (Å²) in [5.41, 5.74) is 1.21. The van der Waals surface area contributed by atoms with E-state index in [2.05, 4.69) is 41.3 Å². The van der Waals surface area contributed by atoms with Gasteiger partial charge in [0.05, 0.1) is 0 Å². The second kappa shape index (κ2) is 5.33. The Labute approximate surface area is 97.3 Å². The van der Waals surface area contributed by atoms with Crippen LogP contribution in [0.3, 0.4) is 0 Å². The fourth-order valence-corrected chi connectivity index (χ4v) is 1.83. The van der Waals surface area contributed by atoms with Crippen LogP contribution in [0.2, 0.25) is 0 Å². The number of likely N-dealkylation sites (N-methyl/N-ethyl adjacent to an activating group) is 1. The van der Waals surface area contributed by atoms with Crippen molar-refractivity contribution in [2.45, 2.75) is 19.4 Å². The van der Waals surface area contributed by atoms with Gasteiger partial charge in [-0.2, -0.15) is 0 Å². The van der Waals surface area contributed by atoms with Gasteiger partial charge in [-0.1, -0.05) is 6.07 Å². The number of anilines is 1. The first-order valence-corrected chi connectivity index (χ1v) is 5.13. The minimum atomic E-state index is 0. The molecule has 1 unspecified atom stereocenters. The second-order valence-corrected chi connectivity index (χ2v) is 3.95. The maximum Gasteiger partial charge on any atom is 0.128 e. The average molecular weight is 228 g/mol. The highest BCUT2D eigenvalue weighted by Gasteiger charge is 2.19. The molecule has 2 heterocycles. The van der Waals surface area contributed by atoms with Crippen molar-refractivity contribution in [3.8, 4) is 0 Å². The summed E-state index contributed by atoms with van der Waals surface area (Å²) in [5.74, 6) is 1.07. The highest BCUT2D eigenvalue weighted by atomic mass is 35.5. The summed E-state index contributed by atoms with van der Waals surface area (Å²) in [6, 6.07) is 4.81. The summed E-state index contributed by atoms with van der Waals surface area (Å²) < 4.78 is 0. The van der Waals surface area contributed by atoms with Gasteiger partial charge in [0, 0.05) is 25.8 Å². The van der Waals surface area contributed by atoms with Crippen LogP contribution in [-0.2, 0) is 0 Å². The van der Waals surface area contributed by atoms with Gasteiger partial charge >= 0.3 is 0 Å². The Morgan fingerprint density at radius 1 is 1.47 bits per heavy atom. The number of aromatic nitrogens is 1. The molecule has 1 aromatic heterocycles. The molecule has 1 aliphatic heterocycles. The van der Waals surface area contributed by atoms with Crippen LogP contribution in [0.5, 0.6) is 0 Å². The zero-order valence-corrected chi connectivity index (χ0v) is 10.0. The first kappa shape index (κ1) is 12.3. The Bertz CT molecular complexity index is 293. The van der Waals surface area contributed by atoms with Crippen molar-refractivity contribution in [2.75, 3.05) is 25.0 Å². The van der Waals surface area contributed by atoms with Gasteiger partial charge in [0.2, 0.25) is 0 Å². The van der Waals surface area contributed by atoms with Gasteiger partial charge in [0.1, 0.15) is 5.82 Å². The van der Waals surface area contributed by atoms with Crippen LogP contribution < -0.4 is 10.2 Å². The van der Waals surface area contributed by atoms with Crippen molar-refractivity contribution in [2.24, 2.45) is 0 Å². The normalized spacial score (nSPS) is 19.7. The fourth-order valence-electron chi connectivity index (χ4n) is 1.83. The van der Waals surface area contributed by atoms with Crippen molar-refractivity contribution in [3.05, 3.63) is 23.9 Å². The Morgan fingerprint density at radius 2 is 2.27 bits per heavy atom. The highest BCUT2D eigenvalue weighted by Crippen LogP contribution is 2.15. The molecule has 2 rings (SSSR count). The fraction of sp³-hybridized carbons (Fsp3) is 0.545. The maximum absolute atomic E-state index is 4.42. The summed E-state index contributed by atoms with van der Waals surface area (Å²) in [6.45, 7) is 4.26. The molecule has 1 atom stereocenters. The molecule has 0 aliphatic carbocycles. The van der Waals surface area contributed by atoms with Crippen LogP contribution in [-0.4, -0.2) is 31.2 Å². The van der Waals surface area contributed by atoms with E-state index in [1.807, 2.05) is 6.20 Å². The topological polar surface area (TPSA) is 28.2 Å². The molecule has 0 bridgehead atoms. The third-order valence-electron chi connectivity index (χ3n) is 2.84. The number of aryl methyl sites for hydroxylation is 1. The van der Waals surface area contributed by atoms with Gasteiger partial charge in [0.15, 0.2) is 0 Å². The quantitative estimate of drug-likeness (QED) is 0.832. The number of nitrogens with zero attached hydrogens (tertiary/aromatic N) is 2. The molecule has 1 aliphatic rings. The summed E-state index contributed by atoms with van der Waals surface area (Å²) in [4.78, 5) is 6.68. The second-order valence-electron chi connectivity index (χ2n) is 3.95. The van der Waals surface area contributed by atoms with Gasteiger partial charge in [-0.25, -0.2) is 4.98 Å². The third-order valence-corrected chi connectivity index (χ3v) is 2.84. The smallest absolute Gasteiger partial charge is 0.128 e. The first-order chi connectivity index (χ1) is 6.77. The van der Waals surface area contributed by atoms with E-state index in [9.17, 15) is 0 Å². The molecular weight excluding hydrogens is 210 g/mol. The van der Waals surface area contributed by atoms with E-state index in [-0.39, 0.29) is 12.4 Å². The van der Waals surface area contributed by atoms with Crippen LogP contribution >= 0.6 is 12.4 Å². The van der Waals surface area contributed by atoms with E-state index >= 15 is 0 Å². The van der Waals surface area contributed by atoms with Crippen LogP contribution in [0.1, 0.15) is 12.0 Å². The van der Waals surface area contributed by atoms with E-state index in [1.54, 1.807) is 0 Å². The Hall–Kier alpha value is -0.800. The molecule has 84 valence electrons. The molecule has 0 aromatic carbocycles. The molecule has 0 spiro atoms. The number of pyridine rings is 1. The number of hydrogen-bond donors (Lipinski definition) is 1. The van der Waals surface area contributed by atoms with Crippen LogP contribution in [0.4, 0.5) is 5.82 Å². The molecule has 0 amide bonds. The summed E-state index contributed by atoms with van der Waals surface area (Å²) in [6.07, 6.45) is 3.14. The van der Waals surface area contributed by atoms with Crippen molar-refractivity contribution in [3.63, 3.8) is 0 Å². The van der Waals surface area contributed by atoms with Crippen molar-refractivity contribution >= 4 is 18.2 Å². The summed E-state index contributed by atoms with van der Waals surface area (Å²) in [5, 5.41) is 3.36. The standard InChI is InChI=1S/C11H17N3.ClH/c1-9-3-4-11(13-7-9)14(2)10-5-6-12-8-10;/h3-4,7,10,12H,5-6,8H2,1-2H3;1H. The highest BCUT2D eigenvalue weighted by molar-refractivity contribution is 5.85. The van der Waals surface area contributed by atoms with E-state index in [4.69, 9.17) is 0 Å². The lowest BCUT2D eigenvalue weighted by Crippen LogP contribution is -2.33. The lowest BCUT2D eigenvalue weighted by Gasteiger charge is -2.24. The summed E-state index contributed by atoms with van der Waals surface area (Å²) >= 11 is 0. The molecule has 1 fully saturated rings. The molecule has 0 saturated carbocycles. The predicted molar refractivity (Wildman–Crippen MR) is 65.9 cm³/mol. The molecule has 15 heavy (non-hydrogen) atoms. The lowest BCUT2D eigenvalue weighted by atomic mass is 10.2. The minimum Gasteiger partial charge on any atom is -0.355 e. The van der Waals surface area contributed by atoms with E-state index in [1.165, 1.54) is 12.0 Å². The summed E-state index contributed by atoms with van der Waals surface area (Å²) in [7, 11) is 2.12. The van der Waals surface area contributed by atoms with Crippen LogP contribution in [0.25, 0.3) is 0 Å². The molecule has 0 radical (unpaired) electrons. The Balaban J connectivity index is 0.00000112. The predicted octanol–water partition coefficient (Wildman–Crippen LogP) is 1.61. The Kier molecular flexibility index (Phi) is 4.36. The maximum atomic E-state index is 4.42. The van der Waals surface area contributed by atoms with Gasteiger partial charge in [-0.15, -0.1) is 12.4 Å². The van der Waals surface area contributed by atoms with Crippen molar-refractivity contribution in [1.82, 2.24) is 10.3 Å². The number of halogens is 1. The monoisotopic (exact) mass is 227 g/mol. The Morgan fingerprint density at radius 3 is 2.80 bits per heavy atom. The SMILES string of the molecule is Cc1ccc(N(C)C2CCNC2)nc1.Cl. The van der Waals surface area contributed by atoms with Gasteiger partial charge in [-0.3, -0.25) is 0 Å². The molecule has 1 aromatic rings. The molecule has 1 N–H and O–H groups in total. The molecular formula is C11H18ClN3. The van der Waals surface area contributed by atoms with E-state index in [0.29, 0.717) is 6.04 Å². The third kappa shape index (κ3) is 2.83. The molecule has 1 saturated heterocycles. The number of hydrogen-bond acceptors (Lipinski definition) is 3. The zero-order valence-electron chi connectivity index (χ0n) is 9.23. The number of rotatable bonds is 2. The minimum absolute atomic E-state index is 0. The first-order valence-electron chi connectivity index (χ1n) is 5.13. The van der Waals surface area contributed by atoms with Crippen molar-refractivity contribution in [1.29, 1.82) is 0 Å². The van der Waals surface area contributed by atoms with Crippen LogP contribution in [0, 0.1) is 6.92 Å². The number of nitrogens with one attached hydrogen (secondary N) is 1. The molecule has 3 nitrogen and oxygen atoms in total. The molecule has 4 heteroatoms. The van der Waals surface area contributed by atoms with Gasteiger partial charge < -0.3 is 10.2 Å². The van der Waals surface area contributed by atoms with Crippen molar-refractivity contribution < 1.29 is 0 Å². The van der Waals surface area contributed by atoms with Gasteiger partial charge in [0.25, 0.3) is 0 Å². The van der Waals surface area contributed by atoms with Gasteiger partial charge in [-0.05, 0) is 31.5 Å². The largest absolute Gasteiger partial charge is 0.355 e. The lowest BCUT2D eigenvalue weighted by molar-refractivity contribution is 0.677. The van der Waals surface area contributed by atoms with E-state index < -0.39 is 0 Å². The zero-order chi connectivity index (χ0) is 9.97. The average Bonchev–Trinajstić information content (AvgIpc) is 2.71. The van der Waals surface area contributed by atoms with Crippen LogP contribution in [0.15, 0.2) is 18.3 Å². The van der Waals surface area contributed by atoms with E-state index in [0.717, 1.165) is 18.9 Å².